The molecule has 92 valence electrons. The molecule has 1 saturated heterocycles. The van der Waals surface area contributed by atoms with Crippen LogP contribution in [0.4, 0.5) is 0 Å². The molecule has 1 heterocycles. The predicted octanol–water partition coefficient (Wildman–Crippen LogP) is 1.30. The topological polar surface area (TPSA) is 49.4 Å². The van der Waals surface area contributed by atoms with E-state index in [1.165, 1.54) is 0 Å². The molecule has 0 aromatic rings. The minimum absolute atomic E-state index is 0.0312. The van der Waals surface area contributed by atoms with E-state index in [4.69, 9.17) is 0 Å². The first-order valence-electron chi connectivity index (χ1n) is 6.07. The number of amides is 2. The van der Waals surface area contributed by atoms with Gasteiger partial charge in [0.05, 0.1) is 0 Å². The highest BCUT2D eigenvalue weighted by molar-refractivity contribution is 5.92. The molecular weight excluding hydrogens is 204 g/mol. The molecule has 2 amide bonds. The van der Waals surface area contributed by atoms with Crippen molar-refractivity contribution in [1.82, 2.24) is 10.2 Å². The van der Waals surface area contributed by atoms with Crippen molar-refractivity contribution in [2.75, 3.05) is 13.1 Å². The number of hydrogen-bond acceptors (Lipinski definition) is 2. The van der Waals surface area contributed by atoms with Crippen LogP contribution in [-0.4, -0.2) is 35.3 Å². The Morgan fingerprint density at radius 2 is 2.00 bits per heavy atom. The molecule has 4 nitrogen and oxygen atoms in total. The van der Waals surface area contributed by atoms with E-state index >= 15 is 0 Å². The smallest absolute Gasteiger partial charge is 0.247 e. The molecule has 0 saturated carbocycles. The van der Waals surface area contributed by atoms with E-state index in [2.05, 4.69) is 12.2 Å². The lowest BCUT2D eigenvalue weighted by Crippen LogP contribution is -2.52. The van der Waals surface area contributed by atoms with Gasteiger partial charge in [-0.05, 0) is 20.3 Å². The van der Waals surface area contributed by atoms with Crippen LogP contribution < -0.4 is 5.32 Å². The highest BCUT2D eigenvalue weighted by Gasteiger charge is 2.35. The molecule has 1 aliphatic rings. The Morgan fingerprint density at radius 1 is 1.31 bits per heavy atom. The maximum atomic E-state index is 12.1. The van der Waals surface area contributed by atoms with Crippen molar-refractivity contribution in [3.63, 3.8) is 0 Å². The van der Waals surface area contributed by atoms with E-state index in [-0.39, 0.29) is 11.8 Å². The molecule has 4 heteroatoms. The van der Waals surface area contributed by atoms with E-state index in [1.54, 1.807) is 13.8 Å². The van der Waals surface area contributed by atoms with E-state index in [0.717, 1.165) is 25.8 Å². The lowest BCUT2D eigenvalue weighted by atomic mass is 10.0. The average Bonchev–Trinajstić information content (AvgIpc) is 2.29. The molecule has 0 aromatic heterocycles. The van der Waals surface area contributed by atoms with Gasteiger partial charge in [0.25, 0.3) is 0 Å². The summed E-state index contributed by atoms with van der Waals surface area (Å²) in [5.41, 5.74) is -0.750. The molecule has 0 unspecified atom stereocenters. The average molecular weight is 226 g/mol. The van der Waals surface area contributed by atoms with E-state index < -0.39 is 5.54 Å². The number of rotatable bonds is 4. The summed E-state index contributed by atoms with van der Waals surface area (Å²) in [6.07, 6.45) is 3.71. The molecule has 0 bridgehead atoms. The predicted molar refractivity (Wildman–Crippen MR) is 62.9 cm³/mol. The van der Waals surface area contributed by atoms with E-state index in [9.17, 15) is 9.59 Å². The van der Waals surface area contributed by atoms with Crippen molar-refractivity contribution in [2.45, 2.75) is 52.0 Å². The van der Waals surface area contributed by atoms with Crippen molar-refractivity contribution in [2.24, 2.45) is 0 Å². The Bertz CT molecular complexity index is 274. The van der Waals surface area contributed by atoms with Gasteiger partial charge < -0.3 is 10.2 Å². The first-order chi connectivity index (χ1) is 7.47. The summed E-state index contributed by atoms with van der Waals surface area (Å²) in [5, 5.41) is 2.76. The summed E-state index contributed by atoms with van der Waals surface area (Å²) in [5.74, 6) is 0.00537. The van der Waals surface area contributed by atoms with Gasteiger partial charge in [-0.1, -0.05) is 19.8 Å². The van der Waals surface area contributed by atoms with Crippen LogP contribution in [0.25, 0.3) is 0 Å². The second-order valence-electron chi connectivity index (χ2n) is 4.92. The van der Waals surface area contributed by atoms with Crippen LogP contribution >= 0.6 is 0 Å². The molecule has 0 atom stereocenters. The Balaban J connectivity index is 2.62. The quantitative estimate of drug-likeness (QED) is 0.735. The Morgan fingerprint density at radius 3 is 2.62 bits per heavy atom. The van der Waals surface area contributed by atoms with Gasteiger partial charge in [0, 0.05) is 19.5 Å². The summed E-state index contributed by atoms with van der Waals surface area (Å²) in [4.78, 5) is 25.4. The van der Waals surface area contributed by atoms with Crippen molar-refractivity contribution in [1.29, 1.82) is 0 Å². The maximum Gasteiger partial charge on any atom is 0.247 e. The van der Waals surface area contributed by atoms with Gasteiger partial charge in [-0.3, -0.25) is 9.59 Å². The number of hydrogen-bond donors (Lipinski definition) is 1. The van der Waals surface area contributed by atoms with Gasteiger partial charge in [-0.2, -0.15) is 0 Å². The Hall–Kier alpha value is -1.06. The minimum atomic E-state index is -0.750. The monoisotopic (exact) mass is 226 g/mol. The van der Waals surface area contributed by atoms with E-state index in [0.29, 0.717) is 13.0 Å². The molecule has 0 radical (unpaired) electrons. The molecule has 1 rings (SSSR count). The molecule has 16 heavy (non-hydrogen) atoms. The van der Waals surface area contributed by atoms with Crippen LogP contribution in [0.3, 0.4) is 0 Å². The molecule has 1 N–H and O–H groups in total. The Labute approximate surface area is 97.4 Å². The zero-order chi connectivity index (χ0) is 12.2. The minimum Gasteiger partial charge on any atom is -0.342 e. The van der Waals surface area contributed by atoms with Crippen LogP contribution in [0.1, 0.15) is 46.5 Å². The van der Waals surface area contributed by atoms with Gasteiger partial charge in [0.2, 0.25) is 11.8 Å². The highest BCUT2D eigenvalue weighted by Crippen LogP contribution is 2.14. The third-order valence-corrected chi connectivity index (χ3v) is 2.91. The van der Waals surface area contributed by atoms with Crippen LogP contribution in [0.5, 0.6) is 0 Å². The molecule has 1 fully saturated rings. The van der Waals surface area contributed by atoms with Gasteiger partial charge in [-0.25, -0.2) is 0 Å². The van der Waals surface area contributed by atoms with Crippen LogP contribution in [0, 0.1) is 0 Å². The second kappa shape index (κ2) is 5.32. The Kier molecular flexibility index (Phi) is 4.33. The van der Waals surface area contributed by atoms with Crippen LogP contribution in [-0.2, 0) is 9.59 Å². The van der Waals surface area contributed by atoms with Crippen LogP contribution in [0.15, 0.2) is 0 Å². The normalized spacial score (nSPS) is 20.6. The largest absolute Gasteiger partial charge is 0.342 e. The number of nitrogens with zero attached hydrogens (tertiary/aromatic N) is 1. The second-order valence-corrected chi connectivity index (χ2v) is 4.92. The van der Waals surface area contributed by atoms with Crippen LogP contribution in [0.2, 0.25) is 0 Å². The molecule has 0 spiro atoms. The zero-order valence-electron chi connectivity index (χ0n) is 10.5. The standard InChI is InChI=1S/C12H22N2O2/c1-4-5-6-8-14-9-7-10(15)13-12(2,3)11(14)16/h4-9H2,1-3H3,(H,13,15). The van der Waals surface area contributed by atoms with E-state index in [1.807, 2.05) is 4.90 Å². The summed E-state index contributed by atoms with van der Waals surface area (Å²) in [7, 11) is 0. The number of nitrogens with one attached hydrogen (secondary N) is 1. The SMILES string of the molecule is CCCCCN1CCC(=O)NC(C)(C)C1=O. The van der Waals surface area contributed by atoms with Gasteiger partial charge >= 0.3 is 0 Å². The third kappa shape index (κ3) is 3.22. The number of carbonyl (C=O) groups excluding carboxylic acids is 2. The van der Waals surface area contributed by atoms with Gasteiger partial charge in [0.1, 0.15) is 5.54 Å². The first kappa shape index (κ1) is 13.0. The summed E-state index contributed by atoms with van der Waals surface area (Å²) >= 11 is 0. The first-order valence-corrected chi connectivity index (χ1v) is 6.07. The fraction of sp³-hybridized carbons (Fsp3) is 0.833. The molecule has 0 aliphatic carbocycles. The third-order valence-electron chi connectivity index (χ3n) is 2.91. The maximum absolute atomic E-state index is 12.1. The molecule has 0 aromatic carbocycles. The summed E-state index contributed by atoms with van der Waals surface area (Å²) < 4.78 is 0. The number of carbonyl (C=O) groups is 2. The van der Waals surface area contributed by atoms with Crippen molar-refractivity contribution in [3.8, 4) is 0 Å². The van der Waals surface area contributed by atoms with Crippen molar-refractivity contribution in [3.05, 3.63) is 0 Å². The van der Waals surface area contributed by atoms with Gasteiger partial charge in [0.15, 0.2) is 0 Å². The molecule has 1 aliphatic heterocycles. The van der Waals surface area contributed by atoms with Gasteiger partial charge in [-0.15, -0.1) is 0 Å². The van der Waals surface area contributed by atoms with Crippen molar-refractivity contribution < 1.29 is 9.59 Å². The highest BCUT2D eigenvalue weighted by atomic mass is 16.2. The van der Waals surface area contributed by atoms with Crippen molar-refractivity contribution >= 4 is 11.8 Å². The fourth-order valence-corrected chi connectivity index (χ4v) is 1.96. The fourth-order valence-electron chi connectivity index (χ4n) is 1.96. The summed E-state index contributed by atoms with van der Waals surface area (Å²) in [6.45, 7) is 7.00. The number of unbranched alkanes of at least 4 members (excludes halogenated alkanes) is 2. The zero-order valence-corrected chi connectivity index (χ0v) is 10.5. The molecular formula is C12H22N2O2. The lowest BCUT2D eigenvalue weighted by Gasteiger charge is -2.28. The summed E-state index contributed by atoms with van der Waals surface area (Å²) in [6, 6.07) is 0. The lowest BCUT2D eigenvalue weighted by molar-refractivity contribution is -0.137.